The standard InChI is InChI=1S/C20H25N3O2/c1-15-3-2-4-18(11-15)25-17-5-8-23(9-6-17)20-12-19(21-14-22-20)16-7-10-24-13-16/h2-4,11-12,14,16-17H,5-10,13H2,1H3/t16-/m0/s1. The van der Waals surface area contributed by atoms with E-state index in [9.17, 15) is 0 Å². The van der Waals surface area contributed by atoms with Gasteiger partial charge in [0, 0.05) is 44.5 Å². The average Bonchev–Trinajstić information content (AvgIpc) is 3.17. The Hall–Kier alpha value is -2.14. The van der Waals surface area contributed by atoms with Gasteiger partial charge in [0.05, 0.1) is 12.3 Å². The van der Waals surface area contributed by atoms with Crippen molar-refractivity contribution >= 4 is 5.82 Å². The van der Waals surface area contributed by atoms with E-state index >= 15 is 0 Å². The lowest BCUT2D eigenvalue weighted by molar-refractivity contribution is 0.170. The smallest absolute Gasteiger partial charge is 0.132 e. The molecule has 5 heteroatoms. The number of ether oxygens (including phenoxy) is 2. The maximum atomic E-state index is 6.15. The molecule has 132 valence electrons. The summed E-state index contributed by atoms with van der Waals surface area (Å²) in [7, 11) is 0. The van der Waals surface area contributed by atoms with Gasteiger partial charge in [0.25, 0.3) is 0 Å². The highest BCUT2D eigenvalue weighted by Gasteiger charge is 2.24. The molecule has 0 spiro atoms. The highest BCUT2D eigenvalue weighted by Crippen LogP contribution is 2.27. The van der Waals surface area contributed by atoms with Gasteiger partial charge in [-0.25, -0.2) is 9.97 Å². The molecule has 0 saturated carbocycles. The van der Waals surface area contributed by atoms with Crippen LogP contribution in [0.15, 0.2) is 36.7 Å². The first kappa shape index (κ1) is 16.3. The normalized spacial score (nSPS) is 21.5. The number of aryl methyl sites for hydroxylation is 1. The van der Waals surface area contributed by atoms with Crippen LogP contribution in [0, 0.1) is 6.92 Å². The third-order valence-corrected chi connectivity index (χ3v) is 5.08. The van der Waals surface area contributed by atoms with Crippen molar-refractivity contribution in [1.82, 2.24) is 9.97 Å². The minimum Gasteiger partial charge on any atom is -0.490 e. The van der Waals surface area contributed by atoms with E-state index in [1.807, 2.05) is 6.07 Å². The first-order valence-corrected chi connectivity index (χ1v) is 9.16. The summed E-state index contributed by atoms with van der Waals surface area (Å²) in [5, 5.41) is 0. The maximum Gasteiger partial charge on any atom is 0.132 e. The first-order valence-electron chi connectivity index (χ1n) is 9.16. The summed E-state index contributed by atoms with van der Waals surface area (Å²) in [6.07, 6.45) is 5.06. The summed E-state index contributed by atoms with van der Waals surface area (Å²) in [4.78, 5) is 11.3. The predicted octanol–water partition coefficient (Wildman–Crippen LogP) is 3.34. The summed E-state index contributed by atoms with van der Waals surface area (Å²) in [6.45, 7) is 5.65. The minimum atomic E-state index is 0.280. The van der Waals surface area contributed by atoms with Gasteiger partial charge in [0.15, 0.2) is 0 Å². The predicted molar refractivity (Wildman–Crippen MR) is 97.3 cm³/mol. The van der Waals surface area contributed by atoms with Gasteiger partial charge >= 0.3 is 0 Å². The van der Waals surface area contributed by atoms with Gasteiger partial charge < -0.3 is 14.4 Å². The molecule has 2 aliphatic rings. The zero-order chi connectivity index (χ0) is 17.1. The Balaban J connectivity index is 1.36. The van der Waals surface area contributed by atoms with Gasteiger partial charge in [-0.3, -0.25) is 0 Å². The van der Waals surface area contributed by atoms with Crippen molar-refractivity contribution in [2.75, 3.05) is 31.2 Å². The Labute approximate surface area is 149 Å². The molecule has 0 amide bonds. The molecule has 0 aliphatic carbocycles. The Morgan fingerprint density at radius 2 is 2.00 bits per heavy atom. The summed E-state index contributed by atoms with van der Waals surface area (Å²) < 4.78 is 11.6. The Bertz CT molecular complexity index is 708. The quantitative estimate of drug-likeness (QED) is 0.855. The van der Waals surface area contributed by atoms with Crippen molar-refractivity contribution in [2.24, 2.45) is 0 Å². The van der Waals surface area contributed by atoms with Crippen LogP contribution < -0.4 is 9.64 Å². The molecule has 0 N–H and O–H groups in total. The molecule has 25 heavy (non-hydrogen) atoms. The fourth-order valence-electron chi connectivity index (χ4n) is 3.61. The lowest BCUT2D eigenvalue weighted by atomic mass is 10.0. The van der Waals surface area contributed by atoms with Crippen molar-refractivity contribution in [3.05, 3.63) is 47.9 Å². The van der Waals surface area contributed by atoms with E-state index in [1.54, 1.807) is 6.33 Å². The topological polar surface area (TPSA) is 47.5 Å². The molecule has 2 saturated heterocycles. The van der Waals surface area contributed by atoms with E-state index in [4.69, 9.17) is 9.47 Å². The molecule has 2 aromatic rings. The molecule has 1 aromatic carbocycles. The van der Waals surface area contributed by atoms with Crippen molar-refractivity contribution < 1.29 is 9.47 Å². The van der Waals surface area contributed by atoms with Crippen LogP contribution in [-0.2, 0) is 4.74 Å². The average molecular weight is 339 g/mol. The van der Waals surface area contributed by atoms with Crippen LogP contribution in [0.25, 0.3) is 0 Å². The zero-order valence-electron chi connectivity index (χ0n) is 14.7. The van der Waals surface area contributed by atoms with Crippen LogP contribution in [0.4, 0.5) is 5.82 Å². The molecule has 2 aliphatic heterocycles. The third-order valence-electron chi connectivity index (χ3n) is 5.08. The summed E-state index contributed by atoms with van der Waals surface area (Å²) in [6, 6.07) is 10.4. The van der Waals surface area contributed by atoms with Crippen LogP contribution in [-0.4, -0.2) is 42.4 Å². The summed E-state index contributed by atoms with van der Waals surface area (Å²) in [5.74, 6) is 2.43. The summed E-state index contributed by atoms with van der Waals surface area (Å²) >= 11 is 0. The minimum absolute atomic E-state index is 0.280. The van der Waals surface area contributed by atoms with Crippen molar-refractivity contribution in [3.8, 4) is 5.75 Å². The zero-order valence-corrected chi connectivity index (χ0v) is 14.7. The number of hydrogen-bond acceptors (Lipinski definition) is 5. The fraction of sp³-hybridized carbons (Fsp3) is 0.500. The summed E-state index contributed by atoms with van der Waals surface area (Å²) in [5.41, 5.74) is 2.35. The number of anilines is 1. The van der Waals surface area contributed by atoms with E-state index in [2.05, 4.69) is 46.1 Å². The number of benzene rings is 1. The molecule has 0 bridgehead atoms. The van der Waals surface area contributed by atoms with Gasteiger partial charge in [0.1, 0.15) is 24.0 Å². The van der Waals surface area contributed by atoms with Crippen LogP contribution >= 0.6 is 0 Å². The van der Waals surface area contributed by atoms with Crippen molar-refractivity contribution in [2.45, 2.75) is 38.2 Å². The van der Waals surface area contributed by atoms with E-state index in [-0.39, 0.29) is 6.10 Å². The maximum absolute atomic E-state index is 6.15. The van der Waals surface area contributed by atoms with Gasteiger partial charge in [-0.15, -0.1) is 0 Å². The highest BCUT2D eigenvalue weighted by molar-refractivity contribution is 5.40. The van der Waals surface area contributed by atoms with Gasteiger partial charge in [-0.2, -0.15) is 0 Å². The van der Waals surface area contributed by atoms with Gasteiger partial charge in [-0.05, 0) is 31.0 Å². The first-order chi connectivity index (χ1) is 12.3. The molecule has 4 rings (SSSR count). The Morgan fingerprint density at radius 3 is 2.76 bits per heavy atom. The van der Waals surface area contributed by atoms with Crippen molar-refractivity contribution in [3.63, 3.8) is 0 Å². The highest BCUT2D eigenvalue weighted by atomic mass is 16.5. The van der Waals surface area contributed by atoms with Crippen LogP contribution in [0.3, 0.4) is 0 Å². The van der Waals surface area contributed by atoms with Gasteiger partial charge in [-0.1, -0.05) is 12.1 Å². The number of piperidine rings is 1. The van der Waals surface area contributed by atoms with E-state index < -0.39 is 0 Å². The second-order valence-corrected chi connectivity index (χ2v) is 6.98. The third kappa shape index (κ3) is 3.93. The van der Waals surface area contributed by atoms with Gasteiger partial charge in [0.2, 0.25) is 0 Å². The second kappa shape index (κ2) is 7.40. The number of hydrogen-bond donors (Lipinski definition) is 0. The molecular formula is C20H25N3O2. The van der Waals surface area contributed by atoms with Crippen LogP contribution in [0.1, 0.15) is 36.4 Å². The number of nitrogens with zero attached hydrogens (tertiary/aromatic N) is 3. The van der Waals surface area contributed by atoms with Crippen molar-refractivity contribution in [1.29, 1.82) is 0 Å². The fourth-order valence-corrected chi connectivity index (χ4v) is 3.61. The molecule has 0 radical (unpaired) electrons. The lowest BCUT2D eigenvalue weighted by Gasteiger charge is -2.33. The van der Waals surface area contributed by atoms with E-state index in [0.717, 1.165) is 62.8 Å². The number of rotatable bonds is 4. The van der Waals surface area contributed by atoms with E-state index in [1.165, 1.54) is 5.56 Å². The molecule has 5 nitrogen and oxygen atoms in total. The second-order valence-electron chi connectivity index (χ2n) is 6.98. The van der Waals surface area contributed by atoms with Crippen LogP contribution in [0.5, 0.6) is 5.75 Å². The molecule has 1 atom stereocenters. The SMILES string of the molecule is Cc1cccc(OC2CCN(c3cc([C@H]4CCOC4)ncn3)CC2)c1. The molecule has 2 fully saturated rings. The molecular weight excluding hydrogens is 314 g/mol. The number of aromatic nitrogens is 2. The Kier molecular flexibility index (Phi) is 4.83. The largest absolute Gasteiger partial charge is 0.490 e. The Morgan fingerprint density at radius 1 is 1.12 bits per heavy atom. The molecule has 0 unspecified atom stereocenters. The monoisotopic (exact) mass is 339 g/mol. The lowest BCUT2D eigenvalue weighted by Crippen LogP contribution is -2.38. The van der Waals surface area contributed by atoms with Crippen LogP contribution in [0.2, 0.25) is 0 Å². The van der Waals surface area contributed by atoms with E-state index in [0.29, 0.717) is 5.92 Å². The molecule has 1 aromatic heterocycles. The molecule has 3 heterocycles.